The van der Waals surface area contributed by atoms with Crippen molar-refractivity contribution in [3.63, 3.8) is 0 Å². The SMILES string of the molecule is CCOC(=O)c1sc(C(C)NC(=NC)NCCCOCC2CCOC2)nc1C.I. The van der Waals surface area contributed by atoms with Crippen molar-refractivity contribution in [2.75, 3.05) is 46.6 Å². The highest BCUT2D eigenvalue weighted by molar-refractivity contribution is 14.0. The molecule has 2 atom stereocenters. The highest BCUT2D eigenvalue weighted by Crippen LogP contribution is 2.24. The van der Waals surface area contributed by atoms with Crippen LogP contribution >= 0.6 is 35.3 Å². The number of guanidine groups is 1. The molecule has 0 aromatic carbocycles. The van der Waals surface area contributed by atoms with Crippen molar-refractivity contribution in [2.24, 2.45) is 10.9 Å². The van der Waals surface area contributed by atoms with Crippen molar-refractivity contribution in [1.82, 2.24) is 15.6 Å². The maximum atomic E-state index is 12.0. The van der Waals surface area contributed by atoms with Crippen molar-refractivity contribution in [1.29, 1.82) is 0 Å². The van der Waals surface area contributed by atoms with E-state index in [0.717, 1.165) is 44.2 Å². The van der Waals surface area contributed by atoms with Crippen molar-refractivity contribution < 1.29 is 19.0 Å². The number of ether oxygens (including phenoxy) is 3. The zero-order chi connectivity index (χ0) is 20.4. The molecule has 10 heteroatoms. The van der Waals surface area contributed by atoms with Crippen LogP contribution in [0.15, 0.2) is 4.99 Å². The van der Waals surface area contributed by atoms with Gasteiger partial charge in [0, 0.05) is 32.7 Å². The number of rotatable bonds is 10. The van der Waals surface area contributed by atoms with Gasteiger partial charge >= 0.3 is 5.97 Å². The molecular formula is C19H33IN4O4S. The summed E-state index contributed by atoms with van der Waals surface area (Å²) < 4.78 is 16.1. The molecule has 29 heavy (non-hydrogen) atoms. The summed E-state index contributed by atoms with van der Waals surface area (Å²) in [7, 11) is 1.73. The predicted molar refractivity (Wildman–Crippen MR) is 125 cm³/mol. The van der Waals surface area contributed by atoms with E-state index in [0.29, 0.717) is 35.7 Å². The van der Waals surface area contributed by atoms with Crippen LogP contribution in [0.1, 0.15) is 53.1 Å². The molecule has 1 aliphatic heterocycles. The number of nitrogens with one attached hydrogen (secondary N) is 2. The third-order valence-electron chi connectivity index (χ3n) is 4.36. The number of halogens is 1. The quantitative estimate of drug-likeness (QED) is 0.155. The van der Waals surface area contributed by atoms with Gasteiger partial charge in [-0.1, -0.05) is 0 Å². The van der Waals surface area contributed by atoms with Gasteiger partial charge in [0.25, 0.3) is 0 Å². The van der Waals surface area contributed by atoms with E-state index in [4.69, 9.17) is 14.2 Å². The zero-order valence-corrected chi connectivity index (χ0v) is 20.8. The Morgan fingerprint density at radius 1 is 1.48 bits per heavy atom. The second-order valence-electron chi connectivity index (χ2n) is 6.71. The van der Waals surface area contributed by atoms with Crippen LogP contribution in [0.25, 0.3) is 0 Å². The lowest BCUT2D eigenvalue weighted by atomic mass is 10.1. The van der Waals surface area contributed by atoms with E-state index in [-0.39, 0.29) is 36.0 Å². The molecule has 1 aliphatic rings. The normalized spacial score (nSPS) is 17.5. The largest absolute Gasteiger partial charge is 0.462 e. The number of nitrogens with zero attached hydrogens (tertiary/aromatic N) is 2. The van der Waals surface area contributed by atoms with Crippen molar-refractivity contribution in [2.45, 2.75) is 39.7 Å². The van der Waals surface area contributed by atoms with Crippen LogP contribution in [-0.2, 0) is 14.2 Å². The molecule has 166 valence electrons. The second kappa shape index (κ2) is 14.1. The fraction of sp³-hybridized carbons (Fsp3) is 0.737. The summed E-state index contributed by atoms with van der Waals surface area (Å²) in [6.07, 6.45) is 1.99. The molecule has 0 aliphatic carbocycles. The lowest BCUT2D eigenvalue weighted by Gasteiger charge is -2.16. The van der Waals surface area contributed by atoms with Gasteiger partial charge in [-0.3, -0.25) is 4.99 Å². The number of aliphatic imine (C=N–C) groups is 1. The Bertz CT molecular complexity index is 650. The molecule has 0 radical (unpaired) electrons. The first-order valence-corrected chi connectivity index (χ1v) is 10.6. The molecule has 2 N–H and O–H groups in total. The van der Waals surface area contributed by atoms with Crippen LogP contribution in [0.4, 0.5) is 0 Å². The van der Waals surface area contributed by atoms with Crippen LogP contribution in [-0.4, -0.2) is 63.5 Å². The molecule has 1 fully saturated rings. The van der Waals surface area contributed by atoms with Gasteiger partial charge in [0.05, 0.1) is 31.6 Å². The number of carbonyl (C=O) groups is 1. The molecule has 1 saturated heterocycles. The number of carbonyl (C=O) groups excluding carboxylic acids is 1. The minimum Gasteiger partial charge on any atom is -0.462 e. The molecule has 2 unspecified atom stereocenters. The van der Waals surface area contributed by atoms with Crippen molar-refractivity contribution in [3.8, 4) is 0 Å². The van der Waals surface area contributed by atoms with Crippen molar-refractivity contribution >= 4 is 47.2 Å². The third kappa shape index (κ3) is 8.73. The number of thiazole rings is 1. The lowest BCUT2D eigenvalue weighted by Crippen LogP contribution is -2.39. The average molecular weight is 540 g/mol. The highest BCUT2D eigenvalue weighted by Gasteiger charge is 2.20. The molecule has 8 nitrogen and oxygen atoms in total. The van der Waals surface area contributed by atoms with Gasteiger partial charge in [-0.05, 0) is 33.6 Å². The van der Waals surface area contributed by atoms with Gasteiger partial charge in [-0.25, -0.2) is 9.78 Å². The molecule has 2 rings (SSSR count). The van der Waals surface area contributed by atoms with Gasteiger partial charge in [0.15, 0.2) is 5.96 Å². The van der Waals surface area contributed by atoms with E-state index in [9.17, 15) is 4.79 Å². The van der Waals surface area contributed by atoms with Crippen molar-refractivity contribution in [3.05, 3.63) is 15.6 Å². The van der Waals surface area contributed by atoms with Gasteiger partial charge in [-0.15, -0.1) is 35.3 Å². The average Bonchev–Trinajstić information content (AvgIpc) is 3.33. The Hall–Kier alpha value is -0.980. The second-order valence-corrected chi connectivity index (χ2v) is 7.74. The molecule has 0 amide bonds. The lowest BCUT2D eigenvalue weighted by molar-refractivity contribution is 0.0531. The monoisotopic (exact) mass is 540 g/mol. The van der Waals surface area contributed by atoms with Gasteiger partial charge in [0.1, 0.15) is 9.88 Å². The molecule has 2 heterocycles. The smallest absolute Gasteiger partial charge is 0.350 e. The van der Waals surface area contributed by atoms with Crippen LogP contribution < -0.4 is 10.6 Å². The standard InChI is InChI=1S/C19H32N4O4S.HI/c1-5-27-18(24)16-13(2)22-17(28-16)14(3)23-19(20-4)21-8-6-9-25-11-15-7-10-26-12-15;/h14-15H,5-12H2,1-4H3,(H2,20,21,23);1H. The summed E-state index contributed by atoms with van der Waals surface area (Å²) in [6.45, 7) is 9.89. The number of hydrogen-bond donors (Lipinski definition) is 2. The summed E-state index contributed by atoms with van der Waals surface area (Å²) in [5.41, 5.74) is 0.694. The number of aromatic nitrogens is 1. The van der Waals surface area contributed by atoms with E-state index in [1.165, 1.54) is 11.3 Å². The number of hydrogen-bond acceptors (Lipinski definition) is 7. The Kier molecular flexibility index (Phi) is 12.7. The van der Waals surface area contributed by atoms with E-state index in [1.807, 2.05) is 13.8 Å². The molecular weight excluding hydrogens is 507 g/mol. The maximum absolute atomic E-state index is 12.0. The maximum Gasteiger partial charge on any atom is 0.350 e. The molecule has 0 bridgehead atoms. The highest BCUT2D eigenvalue weighted by atomic mass is 127. The molecule has 0 spiro atoms. The van der Waals surface area contributed by atoms with Gasteiger partial charge in [-0.2, -0.15) is 0 Å². The first-order valence-electron chi connectivity index (χ1n) is 9.82. The molecule has 0 saturated carbocycles. The summed E-state index contributed by atoms with van der Waals surface area (Å²) in [6, 6.07) is -0.0725. The number of esters is 1. The fourth-order valence-corrected chi connectivity index (χ4v) is 3.76. The van der Waals surface area contributed by atoms with E-state index < -0.39 is 0 Å². The van der Waals surface area contributed by atoms with Crippen LogP contribution in [0.3, 0.4) is 0 Å². The Morgan fingerprint density at radius 3 is 2.93 bits per heavy atom. The minimum atomic E-state index is -0.317. The first kappa shape index (κ1) is 26.1. The first-order chi connectivity index (χ1) is 13.5. The van der Waals surface area contributed by atoms with Gasteiger partial charge in [0.2, 0.25) is 0 Å². The Balaban J connectivity index is 0.00000420. The molecule has 1 aromatic rings. The fourth-order valence-electron chi connectivity index (χ4n) is 2.80. The minimum absolute atomic E-state index is 0. The zero-order valence-electron chi connectivity index (χ0n) is 17.7. The Labute approximate surface area is 194 Å². The topological polar surface area (TPSA) is 94.1 Å². The van der Waals surface area contributed by atoms with Gasteiger partial charge < -0.3 is 24.8 Å². The van der Waals surface area contributed by atoms with E-state index >= 15 is 0 Å². The van der Waals surface area contributed by atoms with E-state index in [1.54, 1.807) is 14.0 Å². The summed E-state index contributed by atoms with van der Waals surface area (Å²) in [5.74, 6) is 0.925. The third-order valence-corrected chi connectivity index (χ3v) is 5.68. The summed E-state index contributed by atoms with van der Waals surface area (Å²) in [5, 5.41) is 7.41. The summed E-state index contributed by atoms with van der Waals surface area (Å²) >= 11 is 1.35. The van der Waals surface area contributed by atoms with Crippen LogP contribution in [0.5, 0.6) is 0 Å². The molecule has 1 aromatic heterocycles. The Morgan fingerprint density at radius 2 is 2.28 bits per heavy atom. The van der Waals surface area contributed by atoms with Crippen LogP contribution in [0.2, 0.25) is 0 Å². The number of aryl methyl sites for hydroxylation is 1. The van der Waals surface area contributed by atoms with Crippen LogP contribution in [0, 0.1) is 12.8 Å². The van der Waals surface area contributed by atoms with E-state index in [2.05, 4.69) is 20.6 Å². The summed E-state index contributed by atoms with van der Waals surface area (Å²) in [4.78, 5) is 21.3. The predicted octanol–water partition coefficient (Wildman–Crippen LogP) is 2.92.